The van der Waals surface area contributed by atoms with Crippen molar-refractivity contribution in [3.05, 3.63) is 113 Å². The lowest BCUT2D eigenvalue weighted by atomic mass is 10.1. The van der Waals surface area contributed by atoms with Crippen molar-refractivity contribution in [2.45, 2.75) is 342 Å². The molecule has 0 saturated heterocycles. The number of hydrogen-bond donors (Lipinski definition) is 2. The minimum absolute atomic E-state index is 0.0817. The van der Waals surface area contributed by atoms with Crippen molar-refractivity contribution < 1.29 is 71.0 Å². The average Bonchev–Trinajstić information content (AvgIpc) is 0.816. The van der Waals surface area contributed by atoms with Crippen molar-refractivity contribution in [1.29, 1.82) is 0 Å². The summed E-state index contributed by atoms with van der Waals surface area (Å²) in [5.74, 6) is 0.784. The Morgan fingerprint density at radius 3 is 0.893 bits per heavy atom. The number of ether oxygens (including phenoxy) is 7. The van der Waals surface area contributed by atoms with Gasteiger partial charge >= 0.3 is 23.9 Å². The predicted molar refractivity (Wildman–Crippen MR) is 429 cm³/mol. The van der Waals surface area contributed by atoms with E-state index in [9.17, 15) is 27.6 Å². The highest BCUT2D eigenvalue weighted by atomic mass is 79.9. The van der Waals surface area contributed by atoms with E-state index in [4.69, 9.17) is 54.1 Å². The number of aliphatic hydroxyl groups is 1. The number of phenolic OH excluding ortho intramolecular Hbond substituents is 1. The molecule has 4 aromatic rings. The standard InChI is InChI=1S/C21H33ClO5S.2C21H34O3.C14H27BrO2.C7H8O.CH4O/c1-4-6-7-8-9-10-11-12-13-19(21(23)26-5-2)27-18-15-14-17(3)16-20(18)28(22,24)25;2*1-4-6-7-8-9-10-11-12-13-20(21(22)23-5-2)24-19-16-14-18(3)15-17-19;1-3-5-6-7-8-9-10-11-12-13(15)14(16)17-4-2;1-6-2-4-7(8)5-3-6;1-2/h14-16,19H,4-13H2,1-3H3;2*14-17,20H,4-13H2,1-3H3;13H,3-12H2,1-2H3;2-5,8H,1H3;2H,1H3. The van der Waals surface area contributed by atoms with Crippen LogP contribution >= 0.6 is 26.6 Å². The molecule has 0 aliphatic carbocycles. The third-order valence-electron chi connectivity index (χ3n) is 16.7. The van der Waals surface area contributed by atoms with Gasteiger partial charge in [0.15, 0.2) is 18.3 Å². The van der Waals surface area contributed by atoms with Gasteiger partial charge in [-0.25, -0.2) is 22.8 Å². The Kier molecular flexibility index (Phi) is 66.3. The zero-order valence-electron chi connectivity index (χ0n) is 66.1. The van der Waals surface area contributed by atoms with E-state index in [1.165, 1.54) is 183 Å². The number of benzene rings is 4. The summed E-state index contributed by atoms with van der Waals surface area (Å²) in [6.07, 6.45) is 40.5. The first-order valence-corrected chi connectivity index (χ1v) is 42.6. The zero-order chi connectivity index (χ0) is 77.2. The molecule has 18 heteroatoms. The molecule has 15 nitrogen and oxygen atoms in total. The number of aryl methyl sites for hydroxylation is 4. The smallest absolute Gasteiger partial charge is 0.347 e. The Morgan fingerprint density at radius 1 is 0.359 bits per heavy atom. The van der Waals surface area contributed by atoms with Gasteiger partial charge in [-0.1, -0.05) is 289 Å². The van der Waals surface area contributed by atoms with Crippen LogP contribution in [0, 0.1) is 27.7 Å². The number of esters is 4. The molecule has 103 heavy (non-hydrogen) atoms. The highest BCUT2D eigenvalue weighted by Crippen LogP contribution is 2.30. The predicted octanol–water partition coefficient (Wildman–Crippen LogP) is 23.6. The molecular weight excluding hydrogens is 1410 g/mol. The summed E-state index contributed by atoms with van der Waals surface area (Å²) in [4.78, 5) is 47.6. The van der Waals surface area contributed by atoms with Gasteiger partial charge in [0.05, 0.1) is 26.4 Å². The number of alkyl halides is 1. The van der Waals surface area contributed by atoms with Gasteiger partial charge in [-0.2, -0.15) is 0 Å². The van der Waals surface area contributed by atoms with Crippen LogP contribution in [-0.2, 0) is 47.2 Å². The maximum atomic E-state index is 12.3. The van der Waals surface area contributed by atoms with E-state index in [-0.39, 0.29) is 40.0 Å². The minimum atomic E-state index is -3.98. The molecule has 0 spiro atoms. The molecule has 4 aromatic carbocycles. The molecule has 0 fully saturated rings. The van der Waals surface area contributed by atoms with Crippen LogP contribution in [0.5, 0.6) is 23.0 Å². The van der Waals surface area contributed by atoms with Crippen molar-refractivity contribution in [1.82, 2.24) is 0 Å². The second-order valence-electron chi connectivity index (χ2n) is 26.2. The van der Waals surface area contributed by atoms with Crippen molar-refractivity contribution in [3.8, 4) is 23.0 Å². The first-order chi connectivity index (χ1) is 49.6. The summed E-state index contributed by atoms with van der Waals surface area (Å²) in [7, 11) is 2.55. The van der Waals surface area contributed by atoms with Crippen molar-refractivity contribution in [3.63, 3.8) is 0 Å². The Labute approximate surface area is 638 Å². The highest BCUT2D eigenvalue weighted by Gasteiger charge is 2.27. The van der Waals surface area contributed by atoms with Gasteiger partial charge < -0.3 is 43.4 Å². The quantitative estimate of drug-likeness (QED) is 0.0139. The number of phenols is 1. The van der Waals surface area contributed by atoms with Gasteiger partial charge in [-0.15, -0.1) is 0 Å². The number of aromatic hydroxyl groups is 1. The Morgan fingerprint density at radius 2 is 0.612 bits per heavy atom. The summed E-state index contributed by atoms with van der Waals surface area (Å²) in [5.41, 5.74) is 4.27. The van der Waals surface area contributed by atoms with E-state index in [1.54, 1.807) is 32.0 Å². The lowest BCUT2D eigenvalue weighted by Crippen LogP contribution is -2.30. The Hall–Kier alpha value is -5.36. The summed E-state index contributed by atoms with van der Waals surface area (Å²) in [6, 6.07) is 27.4. The van der Waals surface area contributed by atoms with Crippen LogP contribution < -0.4 is 14.2 Å². The third kappa shape index (κ3) is 56.6. The fraction of sp³-hybridized carbons (Fsp3) is 0.671. The molecule has 4 atom stereocenters. The first-order valence-electron chi connectivity index (χ1n) is 39.3. The number of unbranched alkanes of at least 4 members (excludes halogenated alkanes) is 28. The van der Waals surface area contributed by atoms with Gasteiger partial charge in [0, 0.05) is 17.8 Å². The van der Waals surface area contributed by atoms with Gasteiger partial charge in [0.2, 0.25) is 0 Å². The molecule has 0 aliphatic heterocycles. The Bertz CT molecular complexity index is 2660. The Balaban J connectivity index is 0. The average molecular weight is 1550 g/mol. The molecule has 0 aliphatic rings. The SMILES string of the molecule is CCCCCCCCCCC(Br)C(=O)OCC.CCCCCCCCCCC(Oc1ccc(C)cc1)C(=O)OCC.CCCCCCCCCCC(Oc1ccc(C)cc1)C(=O)OCC.CCCCCCCCCCC(Oc1ccc(C)cc1S(=O)(=O)Cl)C(=O)OCC.CO.Cc1ccc(O)cc1. The largest absolute Gasteiger partial charge is 0.508 e. The summed E-state index contributed by atoms with van der Waals surface area (Å²) in [6.45, 7) is 25.5. The maximum absolute atomic E-state index is 12.3. The molecule has 0 saturated carbocycles. The van der Waals surface area contributed by atoms with Crippen LogP contribution in [0.4, 0.5) is 0 Å². The molecule has 590 valence electrons. The topological polar surface area (TPSA) is 207 Å². The molecule has 2 N–H and O–H groups in total. The molecule has 4 rings (SSSR count). The van der Waals surface area contributed by atoms with Crippen molar-refractivity contribution in [2.75, 3.05) is 33.5 Å². The van der Waals surface area contributed by atoms with Crippen LogP contribution in [-0.4, -0.2) is 99.2 Å². The number of halogens is 2. The van der Waals surface area contributed by atoms with E-state index >= 15 is 0 Å². The second kappa shape index (κ2) is 68.5. The lowest BCUT2D eigenvalue weighted by Gasteiger charge is -2.19. The van der Waals surface area contributed by atoms with E-state index in [0.717, 1.165) is 94.8 Å². The van der Waals surface area contributed by atoms with Crippen LogP contribution in [0.3, 0.4) is 0 Å². The highest BCUT2D eigenvalue weighted by molar-refractivity contribution is 9.10. The van der Waals surface area contributed by atoms with E-state index in [0.29, 0.717) is 32.0 Å². The van der Waals surface area contributed by atoms with Crippen LogP contribution in [0.1, 0.15) is 309 Å². The van der Waals surface area contributed by atoms with Crippen molar-refractivity contribution in [2.24, 2.45) is 0 Å². The number of rotatable bonds is 51. The first kappa shape index (κ1) is 99.7. The van der Waals surface area contributed by atoms with Crippen molar-refractivity contribution >= 4 is 59.5 Å². The number of hydrogen-bond acceptors (Lipinski definition) is 15. The molecule has 0 bridgehead atoms. The minimum Gasteiger partial charge on any atom is -0.508 e. The molecule has 0 amide bonds. The fourth-order valence-electron chi connectivity index (χ4n) is 10.7. The monoisotopic (exact) mass is 1550 g/mol. The van der Waals surface area contributed by atoms with Crippen LogP contribution in [0.15, 0.2) is 95.9 Å². The van der Waals surface area contributed by atoms with Gasteiger partial charge in [0.1, 0.15) is 32.7 Å². The van der Waals surface area contributed by atoms with Gasteiger partial charge in [-0.05, 0) is 154 Å². The number of aliphatic hydroxyl groups excluding tert-OH is 1. The van der Waals surface area contributed by atoms with Gasteiger partial charge in [0.25, 0.3) is 9.05 Å². The summed E-state index contributed by atoms with van der Waals surface area (Å²) >= 11 is 3.37. The zero-order valence-corrected chi connectivity index (χ0v) is 69.3. The molecule has 0 heterocycles. The third-order valence-corrected chi connectivity index (χ3v) is 18.9. The lowest BCUT2D eigenvalue weighted by molar-refractivity contribution is -0.152. The molecule has 4 unspecified atom stereocenters. The van der Waals surface area contributed by atoms with E-state index < -0.39 is 33.3 Å². The molecule has 0 radical (unpaired) electrons. The number of carbonyl (C=O) groups is 4. The maximum Gasteiger partial charge on any atom is 0.347 e. The normalized spacial score (nSPS) is 11.8. The molecular formula is C85H140BrClO15S. The fourth-order valence-corrected chi connectivity index (χ4v) is 12.2. The van der Waals surface area contributed by atoms with Crippen LogP contribution in [0.25, 0.3) is 0 Å². The molecule has 0 aromatic heterocycles. The summed E-state index contributed by atoms with van der Waals surface area (Å²) in [5, 5.41) is 15.8. The summed E-state index contributed by atoms with van der Waals surface area (Å²) < 4.78 is 61.6. The van der Waals surface area contributed by atoms with Crippen LogP contribution in [0.2, 0.25) is 0 Å². The number of carbonyl (C=O) groups excluding carboxylic acids is 4. The van der Waals surface area contributed by atoms with E-state index in [1.807, 2.05) is 102 Å². The van der Waals surface area contributed by atoms with E-state index in [2.05, 4.69) is 43.6 Å². The second-order valence-corrected chi connectivity index (χ2v) is 29.8. The van der Waals surface area contributed by atoms with Gasteiger partial charge in [-0.3, -0.25) is 4.79 Å².